The quantitative estimate of drug-likeness (QED) is 0.304. The Morgan fingerprint density at radius 3 is 2.33 bits per heavy atom. The normalized spacial score (nSPS) is 13.0. The number of aromatic nitrogens is 1. The molecule has 0 bridgehead atoms. The molecule has 0 amide bonds. The van der Waals surface area contributed by atoms with Gasteiger partial charge in [-0.15, -0.1) is 0 Å². The Labute approximate surface area is 211 Å². The van der Waals surface area contributed by atoms with Crippen LogP contribution in [0.2, 0.25) is 5.02 Å². The van der Waals surface area contributed by atoms with Gasteiger partial charge in [0, 0.05) is 34.2 Å². The van der Waals surface area contributed by atoms with Crippen LogP contribution in [0.15, 0.2) is 79.0 Å². The van der Waals surface area contributed by atoms with Crippen LogP contribution in [-0.2, 0) is 23.0 Å². The minimum atomic E-state index is -4.90. The molecule has 0 aliphatic heterocycles. The summed E-state index contributed by atoms with van der Waals surface area (Å²) in [5.41, 5.74) is 1.90. The van der Waals surface area contributed by atoms with Crippen molar-refractivity contribution < 1.29 is 21.6 Å². The van der Waals surface area contributed by atoms with Crippen molar-refractivity contribution in [3.8, 4) is 6.07 Å². The number of benzene rings is 3. The van der Waals surface area contributed by atoms with Gasteiger partial charge in [-0.25, -0.2) is 8.42 Å². The van der Waals surface area contributed by atoms with Gasteiger partial charge in [0.15, 0.2) is 0 Å². The van der Waals surface area contributed by atoms with Crippen LogP contribution in [0.1, 0.15) is 28.3 Å². The Balaban J connectivity index is 1.72. The third kappa shape index (κ3) is 6.08. The molecule has 10 heteroatoms. The summed E-state index contributed by atoms with van der Waals surface area (Å²) in [5, 5.41) is 10.0. The van der Waals surface area contributed by atoms with E-state index in [1.54, 1.807) is 59.2 Å². The molecule has 0 saturated carbocycles. The number of nitrogens with one attached hydrogen (secondary N) is 1. The van der Waals surface area contributed by atoms with Gasteiger partial charge in [0.25, 0.3) is 0 Å². The second kappa shape index (κ2) is 10.3. The summed E-state index contributed by atoms with van der Waals surface area (Å²) in [6, 6.07) is 19.4. The molecule has 1 aromatic heterocycles. The van der Waals surface area contributed by atoms with Crippen LogP contribution in [0.4, 0.5) is 13.2 Å². The molecule has 1 atom stereocenters. The van der Waals surface area contributed by atoms with Crippen molar-refractivity contribution in [3.05, 3.63) is 106 Å². The first kappa shape index (κ1) is 25.8. The van der Waals surface area contributed by atoms with E-state index in [9.17, 15) is 26.9 Å². The van der Waals surface area contributed by atoms with Gasteiger partial charge in [-0.05, 0) is 41.8 Å². The number of nitriles is 1. The van der Waals surface area contributed by atoms with Crippen molar-refractivity contribution >= 4 is 32.5 Å². The van der Waals surface area contributed by atoms with E-state index >= 15 is 0 Å². The van der Waals surface area contributed by atoms with Crippen LogP contribution < -0.4 is 4.72 Å². The molecule has 3 aromatic carbocycles. The highest BCUT2D eigenvalue weighted by molar-refractivity contribution is 7.89. The third-order valence-corrected chi connectivity index (χ3v) is 7.33. The van der Waals surface area contributed by atoms with Crippen LogP contribution in [-0.4, -0.2) is 24.9 Å². The van der Waals surface area contributed by atoms with Gasteiger partial charge < -0.3 is 4.57 Å². The molecule has 4 rings (SSSR count). The number of alkyl halides is 3. The lowest BCUT2D eigenvalue weighted by molar-refractivity contribution is -0.152. The number of nitrogens with zero attached hydrogens (tertiary/aromatic N) is 2. The van der Waals surface area contributed by atoms with E-state index in [1.165, 1.54) is 24.4 Å². The molecule has 1 N–H and O–H groups in total. The fourth-order valence-electron chi connectivity index (χ4n) is 3.98. The van der Waals surface area contributed by atoms with Crippen LogP contribution in [0.3, 0.4) is 0 Å². The Bertz CT molecular complexity index is 1510. The number of hydrogen-bond acceptors (Lipinski definition) is 3. The Kier molecular flexibility index (Phi) is 7.41. The molecule has 0 aliphatic carbocycles. The number of fused-ring (bicyclic) bond motifs is 1. The molecule has 186 valence electrons. The van der Waals surface area contributed by atoms with Crippen molar-refractivity contribution in [2.24, 2.45) is 0 Å². The largest absolute Gasteiger partial charge is 0.408 e. The van der Waals surface area contributed by atoms with Gasteiger partial charge in [-0.1, -0.05) is 60.1 Å². The van der Waals surface area contributed by atoms with Gasteiger partial charge in [0.1, 0.15) is 6.04 Å². The van der Waals surface area contributed by atoms with E-state index in [2.05, 4.69) is 0 Å². The average Bonchev–Trinajstić information content (AvgIpc) is 3.19. The van der Waals surface area contributed by atoms with Crippen molar-refractivity contribution in [2.45, 2.75) is 25.2 Å². The highest BCUT2D eigenvalue weighted by Crippen LogP contribution is 2.38. The summed E-state index contributed by atoms with van der Waals surface area (Å²) in [5.74, 6) is -0.494. The van der Waals surface area contributed by atoms with Gasteiger partial charge in [0.05, 0.1) is 17.4 Å². The lowest BCUT2D eigenvalue weighted by Crippen LogP contribution is -2.39. The summed E-state index contributed by atoms with van der Waals surface area (Å²) >= 11 is 5.94. The van der Waals surface area contributed by atoms with Crippen molar-refractivity contribution in [2.75, 3.05) is 5.75 Å². The summed E-state index contributed by atoms with van der Waals surface area (Å²) in [4.78, 5) is 0. The van der Waals surface area contributed by atoms with E-state index in [-0.39, 0.29) is 29.5 Å². The fraction of sp³-hybridized carbons (Fsp3) is 0.192. The highest BCUT2D eigenvalue weighted by Gasteiger charge is 2.44. The summed E-state index contributed by atoms with van der Waals surface area (Å²) < 4.78 is 71.7. The maximum atomic E-state index is 14.3. The molecule has 0 saturated heterocycles. The maximum Gasteiger partial charge on any atom is 0.408 e. The molecule has 4 aromatic rings. The monoisotopic (exact) mass is 531 g/mol. The number of sulfonamides is 1. The molecule has 1 heterocycles. The molecule has 5 nitrogen and oxygen atoms in total. The number of aryl methyl sites for hydroxylation is 1. The highest BCUT2D eigenvalue weighted by atomic mass is 35.5. The van der Waals surface area contributed by atoms with Crippen LogP contribution in [0.5, 0.6) is 0 Å². The van der Waals surface area contributed by atoms with E-state index in [0.29, 0.717) is 16.1 Å². The second-order valence-electron chi connectivity index (χ2n) is 8.33. The Morgan fingerprint density at radius 1 is 1.00 bits per heavy atom. The summed E-state index contributed by atoms with van der Waals surface area (Å²) in [7, 11) is -4.29. The Morgan fingerprint density at radius 2 is 1.69 bits per heavy atom. The summed E-state index contributed by atoms with van der Waals surface area (Å²) in [6.45, 7) is 0.202. The van der Waals surface area contributed by atoms with Crippen LogP contribution >= 0.6 is 11.6 Å². The molecule has 0 spiro atoms. The van der Waals surface area contributed by atoms with Crippen molar-refractivity contribution in [3.63, 3.8) is 0 Å². The van der Waals surface area contributed by atoms with E-state index in [4.69, 9.17) is 11.6 Å². The standard InChI is InChI=1S/C26H21ClF3N3O2S/c27-21-9-6-19(7-10-21)16-33-17-23(22-11-8-20(15-31)14-24(22)33)25(26(28,29)30)32-36(34,35)13-12-18-4-2-1-3-5-18/h1-11,14,17,25,32H,12-13,16H2. The zero-order valence-electron chi connectivity index (χ0n) is 18.8. The Hall–Kier alpha value is -3.32. The molecule has 36 heavy (non-hydrogen) atoms. The molecule has 0 radical (unpaired) electrons. The lowest BCUT2D eigenvalue weighted by atomic mass is 10.0. The van der Waals surface area contributed by atoms with Gasteiger partial charge in [-0.3, -0.25) is 0 Å². The SMILES string of the molecule is N#Cc1ccc2c(C(NS(=O)(=O)CCc3ccccc3)C(F)(F)F)cn(Cc3ccc(Cl)cc3)c2c1. The minimum Gasteiger partial charge on any atom is -0.343 e. The van der Waals surface area contributed by atoms with E-state index in [0.717, 1.165) is 5.56 Å². The van der Waals surface area contributed by atoms with Crippen molar-refractivity contribution in [1.29, 1.82) is 5.26 Å². The average molecular weight is 532 g/mol. The molecule has 1 unspecified atom stereocenters. The molecular formula is C26H21ClF3N3O2S. The maximum absolute atomic E-state index is 14.3. The predicted octanol–water partition coefficient (Wildman–Crippen LogP) is 5.98. The fourth-order valence-corrected chi connectivity index (χ4v) is 5.35. The minimum absolute atomic E-state index is 0.0740. The second-order valence-corrected chi connectivity index (χ2v) is 10.6. The van der Waals surface area contributed by atoms with Crippen LogP contribution in [0.25, 0.3) is 10.9 Å². The molecular weight excluding hydrogens is 511 g/mol. The first-order valence-electron chi connectivity index (χ1n) is 10.9. The first-order valence-corrected chi connectivity index (χ1v) is 13.0. The zero-order chi connectivity index (χ0) is 25.9. The van der Waals surface area contributed by atoms with Crippen molar-refractivity contribution in [1.82, 2.24) is 9.29 Å². The third-order valence-electron chi connectivity index (χ3n) is 5.75. The van der Waals surface area contributed by atoms with E-state index < -0.39 is 28.0 Å². The molecule has 0 fully saturated rings. The number of hydrogen-bond donors (Lipinski definition) is 1. The first-order chi connectivity index (χ1) is 17.1. The predicted molar refractivity (Wildman–Crippen MR) is 133 cm³/mol. The zero-order valence-corrected chi connectivity index (χ0v) is 20.4. The van der Waals surface area contributed by atoms with E-state index in [1.807, 2.05) is 10.8 Å². The smallest absolute Gasteiger partial charge is 0.343 e. The summed E-state index contributed by atoms with van der Waals surface area (Å²) in [6.07, 6.45) is -3.53. The number of halogens is 4. The van der Waals surface area contributed by atoms with Gasteiger partial charge >= 0.3 is 6.18 Å². The van der Waals surface area contributed by atoms with Gasteiger partial charge in [-0.2, -0.15) is 23.2 Å². The van der Waals surface area contributed by atoms with Crippen LogP contribution in [0, 0.1) is 11.3 Å². The number of rotatable bonds is 8. The lowest BCUT2D eigenvalue weighted by Gasteiger charge is -2.21. The molecule has 0 aliphatic rings. The van der Waals surface area contributed by atoms with Gasteiger partial charge in [0.2, 0.25) is 10.0 Å². The topological polar surface area (TPSA) is 74.9 Å².